The Morgan fingerprint density at radius 2 is 1.88 bits per heavy atom. The number of piperidine rings is 1. The van der Waals surface area contributed by atoms with Crippen LogP contribution >= 0.6 is 0 Å². The van der Waals surface area contributed by atoms with Crippen molar-refractivity contribution >= 4 is 23.2 Å². The van der Waals surface area contributed by atoms with Crippen LogP contribution in [0.25, 0.3) is 0 Å². The Morgan fingerprint density at radius 3 is 2.56 bits per heavy atom. The molecule has 2 aliphatic rings. The molecule has 0 aromatic heterocycles. The van der Waals surface area contributed by atoms with Gasteiger partial charge in [-0.1, -0.05) is 6.42 Å². The fraction of sp³-hybridized carbons (Fsp3) is 0.579. The minimum absolute atomic E-state index is 0.00725. The highest BCUT2D eigenvalue weighted by Crippen LogP contribution is 2.34. The van der Waals surface area contributed by atoms with Gasteiger partial charge in [-0.3, -0.25) is 9.59 Å². The number of hydrogen-bond donors (Lipinski definition) is 3. The molecule has 25 heavy (non-hydrogen) atoms. The molecule has 2 amide bonds. The van der Waals surface area contributed by atoms with Crippen LogP contribution < -0.4 is 21.7 Å². The fourth-order valence-electron chi connectivity index (χ4n) is 4.09. The number of amides is 2. The van der Waals surface area contributed by atoms with Gasteiger partial charge >= 0.3 is 0 Å². The van der Waals surface area contributed by atoms with Crippen molar-refractivity contribution in [3.63, 3.8) is 0 Å². The second-order valence-electron chi connectivity index (χ2n) is 7.17. The van der Waals surface area contributed by atoms with Crippen molar-refractivity contribution in [3.8, 4) is 0 Å². The lowest BCUT2D eigenvalue weighted by Crippen LogP contribution is -2.33. The standard InChI is InChI=1S/C19H28N4O2/c20-12-14-5-4-6-15(14)19(25)22-16-11-13(18(21)24)7-8-17(16)23-9-2-1-3-10-23/h7-8,11,14-15H,1-6,9-10,12,20H2,(H2,21,24)(H,22,25)/t14-,15-/m1/s1. The van der Waals surface area contributed by atoms with Crippen LogP contribution in [0.2, 0.25) is 0 Å². The Labute approximate surface area is 148 Å². The zero-order valence-corrected chi connectivity index (χ0v) is 14.7. The first kappa shape index (κ1) is 17.7. The molecule has 1 aromatic rings. The Bertz CT molecular complexity index is 640. The van der Waals surface area contributed by atoms with Gasteiger partial charge in [0.05, 0.1) is 11.4 Å². The number of rotatable bonds is 5. The van der Waals surface area contributed by atoms with Gasteiger partial charge in [0.25, 0.3) is 0 Å². The van der Waals surface area contributed by atoms with Crippen molar-refractivity contribution in [3.05, 3.63) is 23.8 Å². The van der Waals surface area contributed by atoms with E-state index >= 15 is 0 Å². The summed E-state index contributed by atoms with van der Waals surface area (Å²) in [6, 6.07) is 5.34. The van der Waals surface area contributed by atoms with E-state index in [-0.39, 0.29) is 17.7 Å². The molecule has 1 saturated carbocycles. The second kappa shape index (κ2) is 7.87. The zero-order valence-electron chi connectivity index (χ0n) is 14.7. The molecular weight excluding hydrogens is 316 g/mol. The molecule has 0 bridgehead atoms. The smallest absolute Gasteiger partial charge is 0.248 e. The summed E-state index contributed by atoms with van der Waals surface area (Å²) in [7, 11) is 0. The number of carbonyl (C=O) groups is 2. The molecule has 1 aliphatic carbocycles. The normalized spacial score (nSPS) is 23.5. The van der Waals surface area contributed by atoms with Crippen LogP contribution in [-0.2, 0) is 4.79 Å². The van der Waals surface area contributed by atoms with Gasteiger partial charge in [-0.15, -0.1) is 0 Å². The van der Waals surface area contributed by atoms with Crippen LogP contribution in [0.5, 0.6) is 0 Å². The molecule has 2 atom stereocenters. The molecule has 0 radical (unpaired) electrons. The Balaban J connectivity index is 1.85. The highest BCUT2D eigenvalue weighted by Gasteiger charge is 2.32. The number of nitrogens with zero attached hydrogens (tertiary/aromatic N) is 1. The lowest BCUT2D eigenvalue weighted by Gasteiger charge is -2.31. The number of primary amides is 1. The summed E-state index contributed by atoms with van der Waals surface area (Å²) >= 11 is 0. The second-order valence-corrected chi connectivity index (χ2v) is 7.17. The van der Waals surface area contributed by atoms with Gasteiger partial charge < -0.3 is 21.7 Å². The molecule has 0 spiro atoms. The molecular formula is C19H28N4O2. The van der Waals surface area contributed by atoms with Crippen molar-refractivity contribution in [2.45, 2.75) is 38.5 Å². The van der Waals surface area contributed by atoms with E-state index in [1.807, 2.05) is 6.07 Å². The van der Waals surface area contributed by atoms with Gasteiger partial charge in [0.1, 0.15) is 0 Å². The number of anilines is 2. The third-order valence-corrected chi connectivity index (χ3v) is 5.53. The van der Waals surface area contributed by atoms with E-state index in [0.29, 0.717) is 17.8 Å². The van der Waals surface area contributed by atoms with Crippen LogP contribution in [0.15, 0.2) is 18.2 Å². The van der Waals surface area contributed by atoms with E-state index in [2.05, 4.69) is 10.2 Å². The van der Waals surface area contributed by atoms with Crippen molar-refractivity contribution in [1.29, 1.82) is 0 Å². The first-order valence-corrected chi connectivity index (χ1v) is 9.30. The minimum atomic E-state index is -0.485. The van der Waals surface area contributed by atoms with E-state index in [1.165, 1.54) is 6.42 Å². The molecule has 5 N–H and O–H groups in total. The van der Waals surface area contributed by atoms with Crippen molar-refractivity contribution in [1.82, 2.24) is 0 Å². The fourth-order valence-corrected chi connectivity index (χ4v) is 4.09. The van der Waals surface area contributed by atoms with Crippen molar-refractivity contribution in [2.75, 3.05) is 29.9 Å². The summed E-state index contributed by atoms with van der Waals surface area (Å²) in [5.41, 5.74) is 13.3. The van der Waals surface area contributed by atoms with Crippen LogP contribution in [0.4, 0.5) is 11.4 Å². The first-order chi connectivity index (χ1) is 12.1. The molecule has 136 valence electrons. The number of hydrogen-bond acceptors (Lipinski definition) is 4. The molecule has 2 fully saturated rings. The van der Waals surface area contributed by atoms with E-state index in [0.717, 1.165) is 50.9 Å². The van der Waals surface area contributed by atoms with E-state index in [1.54, 1.807) is 12.1 Å². The Morgan fingerprint density at radius 1 is 1.12 bits per heavy atom. The van der Waals surface area contributed by atoms with Gasteiger partial charge in [0.15, 0.2) is 0 Å². The highest BCUT2D eigenvalue weighted by molar-refractivity contribution is 6.00. The third kappa shape index (κ3) is 3.95. The summed E-state index contributed by atoms with van der Waals surface area (Å²) < 4.78 is 0. The summed E-state index contributed by atoms with van der Waals surface area (Å²) in [6.45, 7) is 2.47. The van der Waals surface area contributed by atoms with Crippen LogP contribution in [-0.4, -0.2) is 31.4 Å². The average Bonchev–Trinajstić information content (AvgIpc) is 3.11. The van der Waals surface area contributed by atoms with Gasteiger partial charge in [0, 0.05) is 24.6 Å². The first-order valence-electron chi connectivity index (χ1n) is 9.30. The number of nitrogens with one attached hydrogen (secondary N) is 1. The predicted molar refractivity (Wildman–Crippen MR) is 99.5 cm³/mol. The van der Waals surface area contributed by atoms with Crippen molar-refractivity contribution in [2.24, 2.45) is 23.3 Å². The molecule has 6 heteroatoms. The molecule has 0 unspecified atom stereocenters. The maximum atomic E-state index is 12.8. The lowest BCUT2D eigenvalue weighted by molar-refractivity contribution is -0.120. The van der Waals surface area contributed by atoms with E-state index < -0.39 is 5.91 Å². The largest absolute Gasteiger partial charge is 0.370 e. The van der Waals surface area contributed by atoms with Gasteiger partial charge in [0.2, 0.25) is 11.8 Å². The third-order valence-electron chi connectivity index (χ3n) is 5.53. The summed E-state index contributed by atoms with van der Waals surface area (Å²) in [4.78, 5) is 26.6. The van der Waals surface area contributed by atoms with Gasteiger partial charge in [-0.2, -0.15) is 0 Å². The maximum absolute atomic E-state index is 12.8. The number of carbonyl (C=O) groups excluding carboxylic acids is 2. The molecule has 1 heterocycles. The Kier molecular flexibility index (Phi) is 5.58. The molecule has 1 aliphatic heterocycles. The Hall–Kier alpha value is -2.08. The van der Waals surface area contributed by atoms with Gasteiger partial charge in [-0.05, 0) is 62.8 Å². The topological polar surface area (TPSA) is 101 Å². The zero-order chi connectivity index (χ0) is 17.8. The maximum Gasteiger partial charge on any atom is 0.248 e. The quantitative estimate of drug-likeness (QED) is 0.761. The SMILES string of the molecule is NC[C@H]1CCC[C@H]1C(=O)Nc1cc(C(N)=O)ccc1N1CCCCC1. The minimum Gasteiger partial charge on any atom is -0.370 e. The number of nitrogens with two attached hydrogens (primary N) is 2. The van der Waals surface area contributed by atoms with Crippen LogP contribution in [0.3, 0.4) is 0 Å². The molecule has 1 aromatic carbocycles. The predicted octanol–water partition coefficient (Wildman–Crippen LogP) is 2.09. The molecule has 3 rings (SSSR count). The van der Waals surface area contributed by atoms with Gasteiger partial charge in [-0.25, -0.2) is 0 Å². The summed E-state index contributed by atoms with van der Waals surface area (Å²) in [5.74, 6) is -0.275. The van der Waals surface area contributed by atoms with Crippen LogP contribution in [0.1, 0.15) is 48.9 Å². The monoisotopic (exact) mass is 344 g/mol. The highest BCUT2D eigenvalue weighted by atomic mass is 16.2. The lowest BCUT2D eigenvalue weighted by atomic mass is 9.95. The van der Waals surface area contributed by atoms with Crippen LogP contribution in [0, 0.1) is 11.8 Å². The summed E-state index contributed by atoms with van der Waals surface area (Å²) in [6.07, 6.45) is 6.45. The average molecular weight is 344 g/mol. The summed E-state index contributed by atoms with van der Waals surface area (Å²) in [5, 5.41) is 3.07. The molecule has 6 nitrogen and oxygen atoms in total. The molecule has 1 saturated heterocycles. The van der Waals surface area contributed by atoms with E-state index in [9.17, 15) is 9.59 Å². The number of benzene rings is 1. The van der Waals surface area contributed by atoms with E-state index in [4.69, 9.17) is 11.5 Å². The van der Waals surface area contributed by atoms with Crippen molar-refractivity contribution < 1.29 is 9.59 Å².